The van der Waals surface area contributed by atoms with Gasteiger partial charge < -0.3 is 5.32 Å². The maximum Gasteiger partial charge on any atom is 0.293 e. The topological polar surface area (TPSA) is 83.6 Å². The minimum Gasteiger partial charge on any atom is -0.343 e. The standard InChI is InChI=1S/C10H10ClN5O/c1-6(7-2-4-8(11)5-3-7)12-10(17)9-13-15-16-14-9/h2-6H,1H3,(H,12,17)(H,13,14,15,16). The van der Waals surface area contributed by atoms with Crippen LogP contribution in [-0.2, 0) is 0 Å². The van der Waals surface area contributed by atoms with Crippen LogP contribution in [0.4, 0.5) is 0 Å². The highest BCUT2D eigenvalue weighted by Crippen LogP contribution is 2.16. The van der Waals surface area contributed by atoms with Gasteiger partial charge in [-0.3, -0.25) is 4.79 Å². The van der Waals surface area contributed by atoms with E-state index in [2.05, 4.69) is 25.9 Å². The lowest BCUT2D eigenvalue weighted by atomic mass is 10.1. The number of benzene rings is 1. The predicted octanol–water partition coefficient (Wildman–Crippen LogP) is 1.34. The molecule has 6 nitrogen and oxygen atoms in total. The average molecular weight is 252 g/mol. The Kier molecular flexibility index (Phi) is 3.34. The summed E-state index contributed by atoms with van der Waals surface area (Å²) < 4.78 is 0. The Bertz CT molecular complexity index is 496. The van der Waals surface area contributed by atoms with Crippen molar-refractivity contribution >= 4 is 17.5 Å². The number of hydrogen-bond acceptors (Lipinski definition) is 4. The fraction of sp³-hybridized carbons (Fsp3) is 0.200. The molecule has 88 valence electrons. The molecular formula is C10H10ClN5O. The predicted molar refractivity (Wildman–Crippen MR) is 61.5 cm³/mol. The molecule has 0 radical (unpaired) electrons. The Balaban J connectivity index is 2.04. The molecule has 1 aromatic heterocycles. The van der Waals surface area contributed by atoms with Gasteiger partial charge in [-0.2, -0.15) is 5.21 Å². The third-order valence-electron chi connectivity index (χ3n) is 2.27. The van der Waals surface area contributed by atoms with Crippen molar-refractivity contribution in [3.63, 3.8) is 0 Å². The van der Waals surface area contributed by atoms with E-state index in [4.69, 9.17) is 11.6 Å². The first-order valence-corrected chi connectivity index (χ1v) is 5.34. The van der Waals surface area contributed by atoms with Gasteiger partial charge in [0.15, 0.2) is 0 Å². The summed E-state index contributed by atoms with van der Waals surface area (Å²) >= 11 is 5.78. The monoisotopic (exact) mass is 251 g/mol. The summed E-state index contributed by atoms with van der Waals surface area (Å²) in [5.41, 5.74) is 0.950. The summed E-state index contributed by atoms with van der Waals surface area (Å²) in [6.07, 6.45) is 0. The fourth-order valence-electron chi connectivity index (χ4n) is 1.35. The second-order valence-electron chi connectivity index (χ2n) is 3.48. The average Bonchev–Trinajstić information content (AvgIpc) is 2.83. The molecule has 0 spiro atoms. The highest BCUT2D eigenvalue weighted by atomic mass is 35.5. The summed E-state index contributed by atoms with van der Waals surface area (Å²) in [6.45, 7) is 1.86. The molecule has 0 aliphatic heterocycles. The van der Waals surface area contributed by atoms with Gasteiger partial charge in [-0.1, -0.05) is 23.7 Å². The molecule has 7 heteroatoms. The van der Waals surface area contributed by atoms with Crippen molar-refractivity contribution in [1.82, 2.24) is 25.9 Å². The highest BCUT2D eigenvalue weighted by Gasteiger charge is 2.14. The summed E-state index contributed by atoms with van der Waals surface area (Å²) in [5, 5.41) is 16.1. The molecule has 1 unspecified atom stereocenters. The second-order valence-corrected chi connectivity index (χ2v) is 3.92. The molecule has 1 aromatic carbocycles. The first-order valence-electron chi connectivity index (χ1n) is 4.96. The van der Waals surface area contributed by atoms with Crippen molar-refractivity contribution in [2.75, 3.05) is 0 Å². The van der Waals surface area contributed by atoms with Crippen LogP contribution in [-0.4, -0.2) is 26.5 Å². The Morgan fingerprint density at radius 3 is 2.71 bits per heavy atom. The minimum atomic E-state index is -0.374. The molecule has 0 saturated heterocycles. The highest BCUT2D eigenvalue weighted by molar-refractivity contribution is 6.30. The van der Waals surface area contributed by atoms with E-state index in [1.807, 2.05) is 19.1 Å². The van der Waals surface area contributed by atoms with Crippen LogP contribution in [0.3, 0.4) is 0 Å². The molecule has 0 aliphatic carbocycles. The molecule has 1 atom stereocenters. The molecule has 1 heterocycles. The van der Waals surface area contributed by atoms with Gasteiger partial charge in [-0.15, -0.1) is 10.2 Å². The summed E-state index contributed by atoms with van der Waals surface area (Å²) in [7, 11) is 0. The van der Waals surface area contributed by atoms with Gasteiger partial charge in [0, 0.05) is 5.02 Å². The van der Waals surface area contributed by atoms with Gasteiger partial charge in [-0.25, -0.2) is 0 Å². The number of rotatable bonds is 3. The number of hydrogen-bond donors (Lipinski definition) is 2. The van der Waals surface area contributed by atoms with Gasteiger partial charge >= 0.3 is 0 Å². The van der Waals surface area contributed by atoms with Gasteiger partial charge in [0.05, 0.1) is 6.04 Å². The van der Waals surface area contributed by atoms with Crippen LogP contribution in [0, 0.1) is 0 Å². The van der Waals surface area contributed by atoms with E-state index >= 15 is 0 Å². The number of nitrogens with zero attached hydrogens (tertiary/aromatic N) is 3. The number of amides is 1. The van der Waals surface area contributed by atoms with Crippen molar-refractivity contribution in [2.45, 2.75) is 13.0 Å². The number of nitrogens with one attached hydrogen (secondary N) is 2. The van der Waals surface area contributed by atoms with Gasteiger partial charge in [-0.05, 0) is 29.8 Å². The van der Waals surface area contributed by atoms with E-state index in [9.17, 15) is 4.79 Å². The largest absolute Gasteiger partial charge is 0.343 e. The van der Waals surface area contributed by atoms with E-state index in [-0.39, 0.29) is 17.8 Å². The van der Waals surface area contributed by atoms with E-state index in [0.29, 0.717) is 5.02 Å². The van der Waals surface area contributed by atoms with Crippen molar-refractivity contribution in [3.05, 3.63) is 40.7 Å². The molecule has 0 fully saturated rings. The van der Waals surface area contributed by atoms with Crippen LogP contribution >= 0.6 is 11.6 Å². The van der Waals surface area contributed by atoms with Crippen LogP contribution in [0.1, 0.15) is 29.1 Å². The quantitative estimate of drug-likeness (QED) is 0.862. The van der Waals surface area contributed by atoms with E-state index in [1.54, 1.807) is 12.1 Å². The first kappa shape index (κ1) is 11.5. The summed E-state index contributed by atoms with van der Waals surface area (Å²) in [5.74, 6) is -0.355. The molecule has 0 saturated carbocycles. The summed E-state index contributed by atoms with van der Waals surface area (Å²) in [6, 6.07) is 7.09. The number of carbonyl (C=O) groups is 1. The Morgan fingerprint density at radius 1 is 1.41 bits per heavy atom. The van der Waals surface area contributed by atoms with Crippen molar-refractivity contribution < 1.29 is 4.79 Å². The SMILES string of the molecule is CC(NC(=O)c1nn[nH]n1)c1ccc(Cl)cc1. The number of carbonyl (C=O) groups excluding carboxylic acids is 1. The van der Waals surface area contributed by atoms with Crippen molar-refractivity contribution in [2.24, 2.45) is 0 Å². The van der Waals surface area contributed by atoms with E-state index in [0.717, 1.165) is 5.56 Å². The molecule has 0 bridgehead atoms. The number of aromatic nitrogens is 4. The third-order valence-corrected chi connectivity index (χ3v) is 2.52. The van der Waals surface area contributed by atoms with Crippen LogP contribution in [0.5, 0.6) is 0 Å². The van der Waals surface area contributed by atoms with E-state index < -0.39 is 0 Å². The zero-order valence-electron chi connectivity index (χ0n) is 9.01. The fourth-order valence-corrected chi connectivity index (χ4v) is 1.48. The third kappa shape index (κ3) is 2.79. The summed E-state index contributed by atoms with van der Waals surface area (Å²) in [4.78, 5) is 11.6. The number of H-pyrrole nitrogens is 1. The van der Waals surface area contributed by atoms with Crippen molar-refractivity contribution in [3.8, 4) is 0 Å². The minimum absolute atomic E-state index is 0.0193. The zero-order valence-corrected chi connectivity index (χ0v) is 9.77. The maximum atomic E-state index is 11.6. The zero-order chi connectivity index (χ0) is 12.3. The molecule has 17 heavy (non-hydrogen) atoms. The Hall–Kier alpha value is -1.95. The molecule has 2 N–H and O–H groups in total. The molecule has 2 rings (SSSR count). The second kappa shape index (κ2) is 4.92. The Labute approximate surface area is 102 Å². The lowest BCUT2D eigenvalue weighted by Gasteiger charge is -2.12. The number of halogens is 1. The molecule has 1 amide bonds. The van der Waals surface area contributed by atoms with Crippen LogP contribution in [0.15, 0.2) is 24.3 Å². The molecule has 2 aromatic rings. The lowest BCUT2D eigenvalue weighted by Crippen LogP contribution is -2.27. The van der Waals surface area contributed by atoms with Crippen molar-refractivity contribution in [1.29, 1.82) is 0 Å². The van der Waals surface area contributed by atoms with Crippen LogP contribution < -0.4 is 5.32 Å². The van der Waals surface area contributed by atoms with E-state index in [1.165, 1.54) is 0 Å². The normalized spacial score (nSPS) is 12.1. The molecule has 0 aliphatic rings. The Morgan fingerprint density at radius 2 is 2.12 bits per heavy atom. The molecular weight excluding hydrogens is 242 g/mol. The van der Waals surface area contributed by atoms with Crippen LogP contribution in [0.25, 0.3) is 0 Å². The first-order chi connectivity index (χ1) is 8.16. The maximum absolute atomic E-state index is 11.6. The van der Waals surface area contributed by atoms with Gasteiger partial charge in [0.2, 0.25) is 0 Å². The smallest absolute Gasteiger partial charge is 0.293 e. The van der Waals surface area contributed by atoms with Gasteiger partial charge in [0.1, 0.15) is 0 Å². The van der Waals surface area contributed by atoms with Gasteiger partial charge in [0.25, 0.3) is 11.7 Å². The lowest BCUT2D eigenvalue weighted by molar-refractivity contribution is 0.0929. The number of tetrazole rings is 1. The van der Waals surface area contributed by atoms with Crippen LogP contribution in [0.2, 0.25) is 5.02 Å². The number of aromatic amines is 1.